The molecule has 27 heavy (non-hydrogen) atoms. The van der Waals surface area contributed by atoms with E-state index in [1.807, 2.05) is 35.7 Å². The molecule has 1 aliphatic rings. The molecule has 0 unspecified atom stereocenters. The van der Waals surface area contributed by atoms with Crippen LogP contribution in [0.5, 0.6) is 0 Å². The number of carbonyl (C=O) groups is 2. The minimum Gasteiger partial charge on any atom is -0.452 e. The molecule has 0 aromatic heterocycles. The lowest BCUT2D eigenvalue weighted by molar-refractivity contribution is -0.119. The smallest absolute Gasteiger partial charge is 0.338 e. The summed E-state index contributed by atoms with van der Waals surface area (Å²) >= 11 is 3.76. The van der Waals surface area contributed by atoms with Crippen LogP contribution in [-0.2, 0) is 9.53 Å². The first-order valence-electron chi connectivity index (χ1n) is 8.29. The Labute approximate surface area is 164 Å². The van der Waals surface area contributed by atoms with Crippen molar-refractivity contribution < 1.29 is 23.1 Å². The minimum absolute atomic E-state index is 0.314. The maximum Gasteiger partial charge on any atom is 0.338 e. The molecule has 1 fully saturated rings. The van der Waals surface area contributed by atoms with Gasteiger partial charge in [-0.2, -0.15) is 0 Å². The number of esters is 1. The number of para-hydroxylation sites is 1. The van der Waals surface area contributed by atoms with Crippen molar-refractivity contribution in [2.75, 3.05) is 23.4 Å². The fraction of sp³-hybridized carbons (Fsp3) is 0.263. The number of hydrogen-bond donors (Lipinski definition) is 1. The number of thioether (sulfide) groups is 2. The number of nitrogens with one attached hydrogen (secondary N) is 1. The van der Waals surface area contributed by atoms with Crippen molar-refractivity contribution in [3.05, 3.63) is 65.2 Å². The number of amides is 1. The van der Waals surface area contributed by atoms with Gasteiger partial charge in [-0.25, -0.2) is 13.6 Å². The summed E-state index contributed by atoms with van der Waals surface area (Å²) in [6.07, 6.45) is 1.20. The third kappa shape index (κ3) is 5.23. The lowest BCUT2D eigenvalue weighted by Gasteiger charge is -2.21. The van der Waals surface area contributed by atoms with Gasteiger partial charge in [0.25, 0.3) is 5.91 Å². The van der Waals surface area contributed by atoms with Crippen LogP contribution in [0.1, 0.15) is 26.9 Å². The van der Waals surface area contributed by atoms with E-state index >= 15 is 0 Å². The molecule has 142 valence electrons. The molecule has 0 radical (unpaired) electrons. The summed E-state index contributed by atoms with van der Waals surface area (Å²) in [5.74, 6) is -1.04. The van der Waals surface area contributed by atoms with Crippen molar-refractivity contribution in [2.45, 2.75) is 11.0 Å². The Kier molecular flexibility index (Phi) is 6.73. The van der Waals surface area contributed by atoms with Crippen molar-refractivity contribution in [1.29, 1.82) is 0 Å². The highest BCUT2D eigenvalue weighted by Gasteiger charge is 2.18. The van der Waals surface area contributed by atoms with Gasteiger partial charge in [0.05, 0.1) is 10.1 Å². The van der Waals surface area contributed by atoms with Crippen LogP contribution >= 0.6 is 23.5 Å². The normalized spacial score (nSPS) is 14.6. The van der Waals surface area contributed by atoms with Gasteiger partial charge < -0.3 is 10.1 Å². The maximum absolute atomic E-state index is 13.5. The zero-order chi connectivity index (χ0) is 19.2. The fourth-order valence-electron chi connectivity index (χ4n) is 2.46. The Morgan fingerprint density at radius 1 is 1.04 bits per heavy atom. The SMILES string of the molecule is O=C(COC(=O)c1ccc(C2SCCCS2)cc1)Nc1c(F)cccc1F. The first kappa shape index (κ1) is 19.7. The number of halogens is 2. The Morgan fingerprint density at radius 2 is 1.67 bits per heavy atom. The molecule has 1 amide bonds. The Bertz CT molecular complexity index is 804. The molecule has 4 nitrogen and oxygen atoms in total. The van der Waals surface area contributed by atoms with Crippen molar-refractivity contribution in [3.63, 3.8) is 0 Å². The van der Waals surface area contributed by atoms with Gasteiger partial charge in [-0.3, -0.25) is 4.79 Å². The molecule has 0 spiro atoms. The minimum atomic E-state index is -0.899. The summed E-state index contributed by atoms with van der Waals surface area (Å²) in [5.41, 5.74) is 0.883. The molecule has 8 heteroatoms. The third-order valence-electron chi connectivity index (χ3n) is 3.81. The fourth-order valence-corrected chi connectivity index (χ4v) is 5.36. The first-order valence-corrected chi connectivity index (χ1v) is 10.4. The largest absolute Gasteiger partial charge is 0.452 e. The molecule has 2 aromatic rings. The van der Waals surface area contributed by atoms with Gasteiger partial charge in [-0.15, -0.1) is 23.5 Å². The summed E-state index contributed by atoms with van der Waals surface area (Å²) in [4.78, 5) is 23.8. The average Bonchev–Trinajstić information content (AvgIpc) is 2.70. The molecule has 2 aromatic carbocycles. The molecule has 1 heterocycles. The summed E-state index contributed by atoms with van der Waals surface area (Å²) in [5, 5.41) is 2.07. The molecule has 0 saturated carbocycles. The van der Waals surface area contributed by atoms with Gasteiger partial charge in [0.2, 0.25) is 0 Å². The molecule has 1 saturated heterocycles. The zero-order valence-corrected chi connectivity index (χ0v) is 15.9. The van der Waals surface area contributed by atoms with E-state index in [9.17, 15) is 18.4 Å². The van der Waals surface area contributed by atoms with Crippen molar-refractivity contribution in [2.24, 2.45) is 0 Å². The second-order valence-electron chi connectivity index (χ2n) is 5.77. The molecule has 3 rings (SSSR count). The van der Waals surface area contributed by atoms with Crippen molar-refractivity contribution in [1.82, 2.24) is 0 Å². The molecule has 1 N–H and O–H groups in total. The third-order valence-corrected chi connectivity index (χ3v) is 6.82. The van der Waals surface area contributed by atoms with E-state index in [0.29, 0.717) is 10.1 Å². The van der Waals surface area contributed by atoms with Crippen LogP contribution in [0.15, 0.2) is 42.5 Å². The Balaban J connectivity index is 1.53. The predicted octanol–water partition coefficient (Wildman–Crippen LogP) is 4.63. The molecule has 0 bridgehead atoms. The number of carbonyl (C=O) groups excluding carboxylic acids is 2. The predicted molar refractivity (Wildman–Crippen MR) is 104 cm³/mol. The number of hydrogen-bond acceptors (Lipinski definition) is 5. The van der Waals surface area contributed by atoms with Gasteiger partial charge in [0, 0.05) is 0 Å². The second-order valence-corrected chi connectivity index (χ2v) is 8.49. The van der Waals surface area contributed by atoms with Gasteiger partial charge in [-0.1, -0.05) is 18.2 Å². The molecular formula is C19H17F2NO3S2. The summed E-state index contributed by atoms with van der Waals surface area (Å²) in [6.45, 7) is -0.636. The van der Waals surface area contributed by atoms with Gasteiger partial charge >= 0.3 is 5.97 Å². The van der Waals surface area contributed by atoms with Crippen LogP contribution in [0.2, 0.25) is 0 Å². The summed E-state index contributed by atoms with van der Waals surface area (Å²) in [7, 11) is 0. The summed E-state index contributed by atoms with van der Waals surface area (Å²) < 4.78 is 32.3. The first-order chi connectivity index (χ1) is 13.0. The van der Waals surface area contributed by atoms with Gasteiger partial charge in [0.15, 0.2) is 6.61 Å². The van der Waals surface area contributed by atoms with Crippen LogP contribution in [-0.4, -0.2) is 30.0 Å². The van der Waals surface area contributed by atoms with Crippen LogP contribution in [0.3, 0.4) is 0 Å². The highest BCUT2D eigenvalue weighted by Crippen LogP contribution is 2.43. The van der Waals surface area contributed by atoms with Crippen LogP contribution < -0.4 is 5.32 Å². The maximum atomic E-state index is 13.5. The van der Waals surface area contributed by atoms with E-state index in [4.69, 9.17) is 4.74 Å². The molecule has 0 atom stereocenters. The van der Waals surface area contributed by atoms with Gasteiger partial charge in [-0.05, 0) is 47.8 Å². The molecule has 1 aliphatic heterocycles. The number of rotatable bonds is 5. The lowest BCUT2D eigenvalue weighted by atomic mass is 10.1. The monoisotopic (exact) mass is 409 g/mol. The van der Waals surface area contributed by atoms with E-state index in [-0.39, 0.29) is 0 Å². The van der Waals surface area contributed by atoms with Crippen LogP contribution in [0.4, 0.5) is 14.5 Å². The zero-order valence-electron chi connectivity index (χ0n) is 14.2. The topological polar surface area (TPSA) is 55.4 Å². The Hall–Kier alpha value is -2.06. The number of benzene rings is 2. The van der Waals surface area contributed by atoms with Crippen molar-refractivity contribution in [3.8, 4) is 0 Å². The van der Waals surface area contributed by atoms with Crippen LogP contribution in [0, 0.1) is 11.6 Å². The highest BCUT2D eigenvalue weighted by molar-refractivity contribution is 8.16. The summed E-state index contributed by atoms with van der Waals surface area (Å²) in [6, 6.07) is 10.3. The number of ether oxygens (including phenoxy) is 1. The Morgan fingerprint density at radius 3 is 2.30 bits per heavy atom. The quantitative estimate of drug-likeness (QED) is 0.730. The molecule has 0 aliphatic carbocycles. The second kappa shape index (κ2) is 9.23. The van der Waals surface area contributed by atoms with Gasteiger partial charge in [0.1, 0.15) is 17.3 Å². The van der Waals surface area contributed by atoms with E-state index < -0.39 is 35.8 Å². The molecular weight excluding hydrogens is 392 g/mol. The number of anilines is 1. The van der Waals surface area contributed by atoms with E-state index in [1.54, 1.807) is 12.1 Å². The van der Waals surface area contributed by atoms with Crippen LogP contribution in [0.25, 0.3) is 0 Å². The highest BCUT2D eigenvalue weighted by atomic mass is 32.2. The lowest BCUT2D eigenvalue weighted by Crippen LogP contribution is -2.22. The van der Waals surface area contributed by atoms with Crippen molar-refractivity contribution >= 4 is 41.1 Å². The van der Waals surface area contributed by atoms with E-state index in [1.165, 1.54) is 12.5 Å². The standard InChI is InChI=1S/C19H17F2NO3S2/c20-14-3-1-4-15(21)17(14)22-16(23)11-25-18(24)12-5-7-13(8-6-12)19-26-9-2-10-27-19/h1,3-8,19H,2,9-11H2,(H,22,23). The average molecular weight is 409 g/mol. The van der Waals surface area contributed by atoms with E-state index in [2.05, 4.69) is 5.32 Å². The van der Waals surface area contributed by atoms with E-state index in [0.717, 1.165) is 29.2 Å².